The largest absolute Gasteiger partial charge is 0.430 e. The van der Waals surface area contributed by atoms with Crippen LogP contribution in [0.1, 0.15) is 0 Å². The molecule has 0 unspecified atom stereocenters. The van der Waals surface area contributed by atoms with E-state index in [0.717, 1.165) is 15.6 Å². The molecule has 2 heterocycles. The van der Waals surface area contributed by atoms with E-state index in [0.29, 0.717) is 20.9 Å². The minimum absolute atomic E-state index is 0.200. The average Bonchev–Trinajstić information content (AvgIpc) is 3.21. The lowest BCUT2D eigenvalue weighted by Gasteiger charge is -2.11. The number of aromatic nitrogens is 3. The zero-order valence-electron chi connectivity index (χ0n) is 14.9. The monoisotopic (exact) mass is 434 g/mol. The Morgan fingerprint density at radius 3 is 2.36 bits per heavy atom. The molecule has 0 atom stereocenters. The van der Waals surface area contributed by atoms with Crippen LogP contribution in [0, 0.1) is 0 Å². The third kappa shape index (κ3) is 3.61. The summed E-state index contributed by atoms with van der Waals surface area (Å²) in [6.07, 6.45) is 1.81. The Hall–Kier alpha value is -2.46. The number of ether oxygens (including phenoxy) is 1. The summed E-state index contributed by atoms with van der Waals surface area (Å²) in [5, 5.41) is 5.45. The standard InChI is InChI=1S/C18H15ClN4O3S2/c1-22(2)28(24,25)15-9-7-14(8-10-15)26-18-21-23-11-16(20-17(23)27-18)12-3-5-13(19)6-4-12/h3-11H,1-2H3. The van der Waals surface area contributed by atoms with Crippen LogP contribution in [0.2, 0.25) is 5.02 Å². The van der Waals surface area contributed by atoms with Crippen molar-refractivity contribution >= 4 is 37.9 Å². The molecule has 0 spiro atoms. The molecule has 0 bridgehead atoms. The van der Waals surface area contributed by atoms with Crippen LogP contribution in [0.25, 0.3) is 16.2 Å². The van der Waals surface area contributed by atoms with E-state index in [4.69, 9.17) is 16.3 Å². The van der Waals surface area contributed by atoms with E-state index in [1.165, 1.54) is 37.6 Å². The third-order valence-electron chi connectivity index (χ3n) is 3.97. The molecule has 0 amide bonds. The molecule has 0 aliphatic rings. The molecule has 2 aromatic heterocycles. The summed E-state index contributed by atoms with van der Waals surface area (Å²) in [7, 11) is -0.491. The number of nitrogens with zero attached hydrogens (tertiary/aromatic N) is 4. The first kappa shape index (κ1) is 18.9. The van der Waals surface area contributed by atoms with E-state index in [1.807, 2.05) is 30.5 Å². The first-order chi connectivity index (χ1) is 13.3. The second-order valence-electron chi connectivity index (χ2n) is 6.09. The molecule has 0 fully saturated rings. The van der Waals surface area contributed by atoms with Crippen LogP contribution in [-0.2, 0) is 10.0 Å². The molecular weight excluding hydrogens is 420 g/mol. The fraction of sp³-hybridized carbons (Fsp3) is 0.111. The van der Waals surface area contributed by atoms with E-state index in [9.17, 15) is 8.42 Å². The van der Waals surface area contributed by atoms with Crippen molar-refractivity contribution in [2.75, 3.05) is 14.1 Å². The van der Waals surface area contributed by atoms with Gasteiger partial charge in [0.2, 0.25) is 15.0 Å². The summed E-state index contributed by atoms with van der Waals surface area (Å²) in [4.78, 5) is 5.44. The van der Waals surface area contributed by atoms with Crippen LogP contribution in [0.4, 0.5) is 0 Å². The number of benzene rings is 2. The molecule has 0 saturated heterocycles. The number of hydrogen-bond acceptors (Lipinski definition) is 6. The molecule has 28 heavy (non-hydrogen) atoms. The van der Waals surface area contributed by atoms with Crippen LogP contribution in [0.5, 0.6) is 10.9 Å². The molecule has 0 N–H and O–H groups in total. The van der Waals surface area contributed by atoms with Crippen molar-refractivity contribution in [3.05, 3.63) is 59.8 Å². The molecule has 0 aliphatic heterocycles. The first-order valence-corrected chi connectivity index (χ1v) is 10.8. The molecule has 0 radical (unpaired) electrons. The summed E-state index contributed by atoms with van der Waals surface area (Å²) >= 11 is 7.21. The first-order valence-electron chi connectivity index (χ1n) is 8.15. The quantitative estimate of drug-likeness (QED) is 0.471. The highest BCUT2D eigenvalue weighted by Gasteiger charge is 2.17. The minimum Gasteiger partial charge on any atom is -0.430 e. The lowest BCUT2D eigenvalue weighted by atomic mass is 10.2. The Kier molecular flexibility index (Phi) is 4.84. The van der Waals surface area contributed by atoms with Crippen molar-refractivity contribution in [1.82, 2.24) is 18.9 Å². The number of rotatable bonds is 5. The molecule has 0 saturated carbocycles. The van der Waals surface area contributed by atoms with E-state index < -0.39 is 10.0 Å². The Bertz CT molecular complexity index is 1200. The highest BCUT2D eigenvalue weighted by Crippen LogP contribution is 2.30. The lowest BCUT2D eigenvalue weighted by Crippen LogP contribution is -2.22. The third-order valence-corrected chi connectivity index (χ3v) is 6.85. The van der Waals surface area contributed by atoms with Crippen LogP contribution < -0.4 is 4.74 Å². The maximum Gasteiger partial charge on any atom is 0.299 e. The van der Waals surface area contributed by atoms with E-state index in [-0.39, 0.29) is 4.90 Å². The van der Waals surface area contributed by atoms with Crippen LogP contribution in [0.3, 0.4) is 0 Å². The van der Waals surface area contributed by atoms with Gasteiger partial charge in [-0.15, -0.1) is 5.10 Å². The number of sulfonamides is 1. The maximum absolute atomic E-state index is 12.1. The van der Waals surface area contributed by atoms with Gasteiger partial charge < -0.3 is 4.74 Å². The van der Waals surface area contributed by atoms with Crippen LogP contribution in [-0.4, -0.2) is 41.4 Å². The summed E-state index contributed by atoms with van der Waals surface area (Å²) in [5.41, 5.74) is 1.74. The smallest absolute Gasteiger partial charge is 0.299 e. The van der Waals surface area contributed by atoms with Crippen LogP contribution in [0.15, 0.2) is 59.6 Å². The normalized spacial score (nSPS) is 12.0. The minimum atomic E-state index is -3.47. The predicted octanol–water partition coefficient (Wildman–Crippen LogP) is 4.15. The van der Waals surface area contributed by atoms with Crippen LogP contribution >= 0.6 is 22.9 Å². The van der Waals surface area contributed by atoms with Crippen molar-refractivity contribution in [1.29, 1.82) is 0 Å². The van der Waals surface area contributed by atoms with Gasteiger partial charge in [-0.05, 0) is 47.7 Å². The fourth-order valence-corrected chi connectivity index (χ4v) is 4.26. The van der Waals surface area contributed by atoms with Gasteiger partial charge in [0.05, 0.1) is 16.8 Å². The second-order valence-corrected chi connectivity index (χ2v) is 9.60. The van der Waals surface area contributed by atoms with Gasteiger partial charge >= 0.3 is 0 Å². The molecule has 144 valence electrons. The molecule has 2 aromatic carbocycles. The van der Waals surface area contributed by atoms with E-state index in [2.05, 4.69) is 10.1 Å². The SMILES string of the molecule is CN(C)S(=O)(=O)c1ccc(Oc2nn3cc(-c4ccc(Cl)cc4)nc3s2)cc1. The summed E-state index contributed by atoms with van der Waals surface area (Å²) in [5.74, 6) is 0.493. The van der Waals surface area contributed by atoms with Gasteiger partial charge in [0.25, 0.3) is 5.19 Å². The lowest BCUT2D eigenvalue weighted by molar-refractivity contribution is 0.469. The summed E-state index contributed by atoms with van der Waals surface area (Å²) in [6, 6.07) is 13.6. The van der Waals surface area contributed by atoms with Crippen molar-refractivity contribution in [3.63, 3.8) is 0 Å². The zero-order valence-corrected chi connectivity index (χ0v) is 17.3. The van der Waals surface area contributed by atoms with Gasteiger partial charge in [0.15, 0.2) is 0 Å². The molecule has 7 nitrogen and oxygen atoms in total. The van der Waals surface area contributed by atoms with Crippen molar-refractivity contribution < 1.29 is 13.2 Å². The highest BCUT2D eigenvalue weighted by molar-refractivity contribution is 7.89. The molecule has 0 aliphatic carbocycles. The van der Waals surface area contributed by atoms with Crippen molar-refractivity contribution in [2.45, 2.75) is 4.90 Å². The maximum atomic E-state index is 12.1. The Balaban J connectivity index is 1.54. The Morgan fingerprint density at radius 1 is 1.07 bits per heavy atom. The summed E-state index contributed by atoms with van der Waals surface area (Å²) < 4.78 is 32.8. The molecule has 4 rings (SSSR count). The average molecular weight is 435 g/mol. The molecule has 4 aromatic rings. The van der Waals surface area contributed by atoms with Gasteiger partial charge in [-0.25, -0.2) is 22.2 Å². The van der Waals surface area contributed by atoms with E-state index >= 15 is 0 Å². The van der Waals surface area contributed by atoms with Gasteiger partial charge in [0.1, 0.15) is 5.75 Å². The number of fused-ring (bicyclic) bond motifs is 1. The van der Waals surface area contributed by atoms with Gasteiger partial charge in [0, 0.05) is 24.7 Å². The van der Waals surface area contributed by atoms with Crippen molar-refractivity contribution in [3.8, 4) is 22.2 Å². The van der Waals surface area contributed by atoms with Gasteiger partial charge in [-0.3, -0.25) is 0 Å². The molecular formula is C18H15ClN4O3S2. The number of hydrogen-bond donors (Lipinski definition) is 0. The Labute approximate surface area is 170 Å². The number of imidazole rings is 1. The second kappa shape index (κ2) is 7.17. The van der Waals surface area contributed by atoms with Gasteiger partial charge in [-0.1, -0.05) is 23.7 Å². The highest BCUT2D eigenvalue weighted by atomic mass is 35.5. The Morgan fingerprint density at radius 2 is 1.75 bits per heavy atom. The summed E-state index contributed by atoms with van der Waals surface area (Å²) in [6.45, 7) is 0. The fourth-order valence-electron chi connectivity index (χ4n) is 2.47. The molecule has 10 heteroatoms. The zero-order chi connectivity index (χ0) is 19.9. The van der Waals surface area contributed by atoms with E-state index in [1.54, 1.807) is 16.6 Å². The number of halogens is 1. The predicted molar refractivity (Wildman–Crippen MR) is 109 cm³/mol. The topological polar surface area (TPSA) is 76.8 Å². The van der Waals surface area contributed by atoms with Crippen molar-refractivity contribution in [2.24, 2.45) is 0 Å². The van der Waals surface area contributed by atoms with Gasteiger partial charge in [-0.2, -0.15) is 0 Å².